The summed E-state index contributed by atoms with van der Waals surface area (Å²) in [4.78, 5) is 27.6. The van der Waals surface area contributed by atoms with E-state index in [1.807, 2.05) is 0 Å². The second kappa shape index (κ2) is 7.78. The normalized spacial score (nSPS) is 11.0. The Morgan fingerprint density at radius 3 is 2.44 bits per heavy atom. The van der Waals surface area contributed by atoms with Gasteiger partial charge in [0.1, 0.15) is 11.4 Å². The van der Waals surface area contributed by atoms with E-state index in [4.69, 9.17) is 9.15 Å². The minimum Gasteiger partial charge on any atom is -0.444 e. The first kappa shape index (κ1) is 18.4. The predicted molar refractivity (Wildman–Crippen MR) is 88.5 cm³/mol. The highest BCUT2D eigenvalue weighted by Gasteiger charge is 2.18. The molecule has 8 heteroatoms. The summed E-state index contributed by atoms with van der Waals surface area (Å²) in [6.07, 6.45) is 0.585. The zero-order valence-corrected chi connectivity index (χ0v) is 14.3. The highest BCUT2D eigenvalue weighted by molar-refractivity contribution is 5.97. The summed E-state index contributed by atoms with van der Waals surface area (Å²) in [5.41, 5.74) is 0.0396. The second-order valence-electron chi connectivity index (χ2n) is 6.22. The van der Waals surface area contributed by atoms with Crippen LogP contribution in [0.4, 0.5) is 9.18 Å². The number of nitrogens with zero attached hydrogens (tertiary/aromatic N) is 1. The van der Waals surface area contributed by atoms with Gasteiger partial charge in [0.15, 0.2) is 17.8 Å². The van der Waals surface area contributed by atoms with Gasteiger partial charge in [-0.3, -0.25) is 4.79 Å². The Balaban J connectivity index is 1.87. The molecule has 0 aliphatic heterocycles. The van der Waals surface area contributed by atoms with Gasteiger partial charge >= 0.3 is 6.09 Å². The Labute approximate surface area is 144 Å². The van der Waals surface area contributed by atoms with Gasteiger partial charge in [-0.2, -0.15) is 0 Å². The van der Waals surface area contributed by atoms with E-state index in [1.54, 1.807) is 20.8 Å². The van der Waals surface area contributed by atoms with Crippen molar-refractivity contribution < 1.29 is 23.1 Å². The summed E-state index contributed by atoms with van der Waals surface area (Å²) in [6, 6.07) is 5.53. The maximum atomic E-state index is 13.0. The molecule has 1 aromatic heterocycles. The lowest BCUT2D eigenvalue weighted by molar-refractivity contribution is 0.0526. The fourth-order valence-electron chi connectivity index (χ4n) is 1.95. The number of carbonyl (C=O) groups excluding carboxylic acids is 2. The van der Waals surface area contributed by atoms with Gasteiger partial charge in [0.05, 0.1) is 0 Å². The average Bonchev–Trinajstić information content (AvgIpc) is 3.00. The highest BCUT2D eigenvalue weighted by atomic mass is 19.1. The molecule has 0 saturated heterocycles. The van der Waals surface area contributed by atoms with Crippen molar-refractivity contribution in [3.8, 4) is 11.3 Å². The van der Waals surface area contributed by atoms with E-state index in [0.29, 0.717) is 5.56 Å². The van der Waals surface area contributed by atoms with Crippen molar-refractivity contribution in [1.29, 1.82) is 0 Å². The van der Waals surface area contributed by atoms with Crippen LogP contribution in [-0.2, 0) is 4.74 Å². The second-order valence-corrected chi connectivity index (χ2v) is 6.22. The van der Waals surface area contributed by atoms with Gasteiger partial charge in [0.25, 0.3) is 5.91 Å². The number of hydrogen-bond donors (Lipinski definition) is 2. The van der Waals surface area contributed by atoms with E-state index in [-0.39, 0.29) is 30.4 Å². The summed E-state index contributed by atoms with van der Waals surface area (Å²) in [5.74, 6) is -0.598. The maximum absolute atomic E-state index is 13.0. The molecule has 0 unspecified atom stereocenters. The molecule has 0 atom stereocenters. The number of halogens is 1. The zero-order valence-electron chi connectivity index (χ0n) is 14.3. The maximum Gasteiger partial charge on any atom is 0.407 e. The van der Waals surface area contributed by atoms with Crippen molar-refractivity contribution in [3.05, 3.63) is 42.2 Å². The first-order valence-corrected chi connectivity index (χ1v) is 7.71. The van der Waals surface area contributed by atoms with Crippen molar-refractivity contribution in [2.45, 2.75) is 26.4 Å². The number of nitrogens with one attached hydrogen (secondary N) is 2. The Kier molecular flexibility index (Phi) is 5.74. The molecule has 0 saturated carbocycles. The molecule has 2 amide bonds. The lowest BCUT2D eigenvalue weighted by atomic mass is 10.1. The van der Waals surface area contributed by atoms with Crippen LogP contribution in [0.5, 0.6) is 0 Å². The first-order valence-electron chi connectivity index (χ1n) is 7.71. The molecule has 2 N–H and O–H groups in total. The number of alkyl carbamates (subject to hydrolysis) is 1. The fourth-order valence-corrected chi connectivity index (χ4v) is 1.95. The highest BCUT2D eigenvalue weighted by Crippen LogP contribution is 2.23. The third-order valence-corrected chi connectivity index (χ3v) is 2.97. The van der Waals surface area contributed by atoms with Gasteiger partial charge in [0, 0.05) is 18.7 Å². The summed E-state index contributed by atoms with van der Waals surface area (Å²) in [6.45, 7) is 5.67. The van der Waals surface area contributed by atoms with E-state index in [1.165, 1.54) is 24.3 Å². The molecule has 25 heavy (non-hydrogen) atoms. The lowest BCUT2D eigenvalue weighted by Gasteiger charge is -2.19. The van der Waals surface area contributed by atoms with Gasteiger partial charge < -0.3 is 19.8 Å². The van der Waals surface area contributed by atoms with Gasteiger partial charge in [-0.15, -0.1) is 0 Å². The van der Waals surface area contributed by atoms with Crippen molar-refractivity contribution in [3.63, 3.8) is 0 Å². The van der Waals surface area contributed by atoms with E-state index in [9.17, 15) is 14.0 Å². The van der Waals surface area contributed by atoms with Crippen LogP contribution >= 0.6 is 0 Å². The SMILES string of the molecule is CC(C)(C)OC(=O)NCCNC(=O)c1ncoc1-c1ccc(F)cc1. The molecular weight excluding hydrogens is 329 g/mol. The molecule has 0 spiro atoms. The first-order chi connectivity index (χ1) is 11.8. The number of rotatable bonds is 5. The third kappa shape index (κ3) is 5.59. The molecule has 1 aromatic carbocycles. The Hall–Kier alpha value is -2.90. The number of carbonyl (C=O) groups is 2. The average molecular weight is 349 g/mol. The minimum atomic E-state index is -0.585. The van der Waals surface area contributed by atoms with E-state index in [0.717, 1.165) is 6.39 Å². The van der Waals surface area contributed by atoms with Gasteiger partial charge in [-0.1, -0.05) is 0 Å². The number of ether oxygens (including phenoxy) is 1. The largest absolute Gasteiger partial charge is 0.444 e. The van der Waals surface area contributed by atoms with E-state index < -0.39 is 17.6 Å². The van der Waals surface area contributed by atoms with Gasteiger partial charge in [-0.05, 0) is 45.0 Å². The molecule has 0 bridgehead atoms. The number of hydrogen-bond acceptors (Lipinski definition) is 5. The summed E-state index contributed by atoms with van der Waals surface area (Å²) < 4.78 is 23.3. The smallest absolute Gasteiger partial charge is 0.407 e. The van der Waals surface area contributed by atoms with Crippen molar-refractivity contribution in [2.24, 2.45) is 0 Å². The molecule has 1 heterocycles. The number of aromatic nitrogens is 1. The standard InChI is InChI=1S/C17H20FN3O4/c1-17(2,3)25-16(23)20-9-8-19-15(22)13-14(24-10-21-13)11-4-6-12(18)7-5-11/h4-7,10H,8-9H2,1-3H3,(H,19,22)(H,20,23). The Morgan fingerprint density at radius 2 is 1.80 bits per heavy atom. The summed E-state index contributed by atoms with van der Waals surface area (Å²) in [7, 11) is 0. The van der Waals surface area contributed by atoms with Crippen LogP contribution in [0, 0.1) is 5.82 Å². The number of amides is 2. The summed E-state index contributed by atoms with van der Waals surface area (Å²) in [5, 5.41) is 5.15. The number of oxazole rings is 1. The number of benzene rings is 1. The quantitative estimate of drug-likeness (QED) is 0.810. The van der Waals surface area contributed by atoms with Crippen LogP contribution in [0.1, 0.15) is 31.3 Å². The molecular formula is C17H20FN3O4. The lowest BCUT2D eigenvalue weighted by Crippen LogP contribution is -2.38. The van der Waals surface area contributed by atoms with Crippen molar-refractivity contribution >= 4 is 12.0 Å². The van der Waals surface area contributed by atoms with Crippen LogP contribution in [0.25, 0.3) is 11.3 Å². The Bertz CT molecular complexity index is 735. The Morgan fingerprint density at radius 1 is 1.16 bits per heavy atom. The van der Waals surface area contributed by atoms with Crippen LogP contribution in [-0.4, -0.2) is 35.7 Å². The molecule has 2 aromatic rings. The minimum absolute atomic E-state index is 0.0869. The van der Waals surface area contributed by atoms with Gasteiger partial charge in [-0.25, -0.2) is 14.2 Å². The van der Waals surface area contributed by atoms with E-state index in [2.05, 4.69) is 15.6 Å². The third-order valence-electron chi connectivity index (χ3n) is 2.97. The van der Waals surface area contributed by atoms with Crippen molar-refractivity contribution in [1.82, 2.24) is 15.6 Å². The van der Waals surface area contributed by atoms with E-state index >= 15 is 0 Å². The molecule has 0 radical (unpaired) electrons. The van der Waals surface area contributed by atoms with Crippen LogP contribution < -0.4 is 10.6 Å². The molecule has 2 rings (SSSR count). The van der Waals surface area contributed by atoms with Crippen LogP contribution in [0.15, 0.2) is 35.1 Å². The van der Waals surface area contributed by atoms with Crippen molar-refractivity contribution in [2.75, 3.05) is 13.1 Å². The molecule has 0 fully saturated rings. The molecule has 0 aliphatic rings. The molecule has 134 valence electrons. The molecule has 0 aliphatic carbocycles. The fraction of sp³-hybridized carbons (Fsp3) is 0.353. The zero-order chi connectivity index (χ0) is 18.4. The monoisotopic (exact) mass is 349 g/mol. The van der Waals surface area contributed by atoms with Crippen LogP contribution in [0.2, 0.25) is 0 Å². The molecule has 7 nitrogen and oxygen atoms in total. The van der Waals surface area contributed by atoms with Crippen LogP contribution in [0.3, 0.4) is 0 Å². The summed E-state index contributed by atoms with van der Waals surface area (Å²) >= 11 is 0. The predicted octanol–water partition coefficient (Wildman–Crippen LogP) is 2.74. The topological polar surface area (TPSA) is 93.5 Å². The van der Waals surface area contributed by atoms with Gasteiger partial charge in [0.2, 0.25) is 0 Å².